The van der Waals surface area contributed by atoms with Gasteiger partial charge in [-0.15, -0.1) is 0 Å². The van der Waals surface area contributed by atoms with E-state index in [-0.39, 0.29) is 12.5 Å². The summed E-state index contributed by atoms with van der Waals surface area (Å²) in [6, 6.07) is 19.0. The summed E-state index contributed by atoms with van der Waals surface area (Å²) >= 11 is 0. The van der Waals surface area contributed by atoms with E-state index in [1.54, 1.807) is 0 Å². The maximum atomic E-state index is 12.8. The Balaban J connectivity index is 1.78. The van der Waals surface area contributed by atoms with Crippen LogP contribution in [-0.4, -0.2) is 41.0 Å². The Morgan fingerprint density at radius 2 is 1.68 bits per heavy atom. The van der Waals surface area contributed by atoms with Gasteiger partial charge in [0, 0.05) is 18.8 Å². The summed E-state index contributed by atoms with van der Waals surface area (Å²) in [4.78, 5) is 27.6. The lowest BCUT2D eigenvalue weighted by molar-refractivity contribution is -0.147. The number of hydrogen-bond donors (Lipinski definition) is 1. The smallest absolute Gasteiger partial charge is 0.326 e. The Hall–Kier alpha value is -2.82. The first-order valence-corrected chi connectivity index (χ1v) is 8.51. The topological polar surface area (TPSA) is 60.9 Å². The number of anilines is 1. The molecule has 1 heterocycles. The van der Waals surface area contributed by atoms with Gasteiger partial charge in [0.2, 0.25) is 5.91 Å². The molecule has 1 N–H and O–H groups in total. The molecule has 0 bridgehead atoms. The van der Waals surface area contributed by atoms with Crippen LogP contribution < -0.4 is 4.90 Å². The Morgan fingerprint density at radius 1 is 1.04 bits per heavy atom. The molecule has 2 aromatic rings. The number of hydrogen-bond acceptors (Lipinski definition) is 3. The van der Waals surface area contributed by atoms with Crippen molar-refractivity contribution < 1.29 is 14.7 Å². The zero-order valence-electron chi connectivity index (χ0n) is 14.0. The lowest BCUT2D eigenvalue weighted by Crippen LogP contribution is -2.45. The van der Waals surface area contributed by atoms with Crippen LogP contribution in [0.3, 0.4) is 0 Å². The van der Waals surface area contributed by atoms with Crippen molar-refractivity contribution in [3.63, 3.8) is 0 Å². The minimum Gasteiger partial charge on any atom is -0.480 e. The third kappa shape index (κ3) is 4.18. The van der Waals surface area contributed by atoms with Gasteiger partial charge in [-0.05, 0) is 30.5 Å². The fourth-order valence-corrected chi connectivity index (χ4v) is 3.26. The van der Waals surface area contributed by atoms with Gasteiger partial charge in [0.25, 0.3) is 0 Å². The first-order chi connectivity index (χ1) is 12.1. The van der Waals surface area contributed by atoms with Gasteiger partial charge in [0.05, 0.1) is 6.54 Å². The fourth-order valence-electron chi connectivity index (χ4n) is 3.26. The molecule has 130 valence electrons. The standard InChI is InChI=1S/C20H22N2O3/c23-19(22-13-7-12-18(22)20(24)25)15-21(17-10-5-2-6-11-17)14-16-8-3-1-4-9-16/h1-6,8-11,18H,7,12-15H2,(H,24,25). The fraction of sp³-hybridized carbons (Fsp3) is 0.300. The van der Waals surface area contributed by atoms with E-state index in [0.717, 1.165) is 17.7 Å². The Morgan fingerprint density at radius 3 is 2.32 bits per heavy atom. The van der Waals surface area contributed by atoms with E-state index in [2.05, 4.69) is 0 Å². The molecule has 0 aliphatic carbocycles. The minimum atomic E-state index is -0.917. The van der Waals surface area contributed by atoms with E-state index < -0.39 is 12.0 Å². The van der Waals surface area contributed by atoms with Gasteiger partial charge < -0.3 is 14.9 Å². The number of benzene rings is 2. The summed E-state index contributed by atoms with van der Waals surface area (Å²) in [6.45, 7) is 1.29. The number of carbonyl (C=O) groups excluding carboxylic acids is 1. The van der Waals surface area contributed by atoms with E-state index in [0.29, 0.717) is 19.5 Å². The van der Waals surface area contributed by atoms with Crippen molar-refractivity contribution in [2.75, 3.05) is 18.0 Å². The molecule has 1 aliphatic heterocycles. The number of aliphatic carboxylic acids is 1. The molecular weight excluding hydrogens is 316 g/mol. The molecule has 1 amide bonds. The summed E-state index contributed by atoms with van der Waals surface area (Å²) in [5.74, 6) is -1.05. The average Bonchev–Trinajstić information content (AvgIpc) is 3.13. The maximum Gasteiger partial charge on any atom is 0.326 e. The van der Waals surface area contributed by atoms with Crippen LogP contribution in [0.4, 0.5) is 5.69 Å². The van der Waals surface area contributed by atoms with Gasteiger partial charge in [0.1, 0.15) is 6.04 Å². The maximum absolute atomic E-state index is 12.8. The first kappa shape index (κ1) is 17.0. The van der Waals surface area contributed by atoms with Gasteiger partial charge in [0.15, 0.2) is 0 Å². The van der Waals surface area contributed by atoms with Gasteiger partial charge in [-0.25, -0.2) is 4.79 Å². The number of amides is 1. The quantitative estimate of drug-likeness (QED) is 0.880. The Kier molecular flexibility index (Phi) is 5.33. The van der Waals surface area contributed by atoms with Crippen molar-refractivity contribution in [1.29, 1.82) is 0 Å². The number of carbonyl (C=O) groups is 2. The largest absolute Gasteiger partial charge is 0.480 e. The molecular formula is C20H22N2O3. The van der Waals surface area contributed by atoms with Crippen molar-refractivity contribution in [3.05, 3.63) is 66.2 Å². The molecule has 3 rings (SSSR count). The lowest BCUT2D eigenvalue weighted by atomic mass is 10.2. The van der Waals surface area contributed by atoms with Crippen molar-refractivity contribution in [2.45, 2.75) is 25.4 Å². The molecule has 1 aliphatic rings. The Bertz CT molecular complexity index is 718. The highest BCUT2D eigenvalue weighted by Crippen LogP contribution is 2.21. The number of nitrogens with zero attached hydrogens (tertiary/aromatic N) is 2. The summed E-state index contributed by atoms with van der Waals surface area (Å²) < 4.78 is 0. The van der Waals surface area contributed by atoms with E-state index >= 15 is 0 Å². The van der Waals surface area contributed by atoms with Crippen molar-refractivity contribution >= 4 is 17.6 Å². The van der Waals surface area contributed by atoms with E-state index in [9.17, 15) is 14.7 Å². The van der Waals surface area contributed by atoms with Crippen LogP contribution in [0.2, 0.25) is 0 Å². The van der Waals surface area contributed by atoms with Gasteiger partial charge >= 0.3 is 5.97 Å². The van der Waals surface area contributed by atoms with E-state index in [1.807, 2.05) is 65.6 Å². The predicted molar refractivity (Wildman–Crippen MR) is 96.3 cm³/mol. The van der Waals surface area contributed by atoms with Gasteiger partial charge in [-0.3, -0.25) is 4.79 Å². The first-order valence-electron chi connectivity index (χ1n) is 8.51. The van der Waals surface area contributed by atoms with Crippen LogP contribution in [0.5, 0.6) is 0 Å². The highest BCUT2D eigenvalue weighted by molar-refractivity contribution is 5.87. The van der Waals surface area contributed by atoms with Gasteiger partial charge in [-0.2, -0.15) is 0 Å². The van der Waals surface area contributed by atoms with E-state index in [1.165, 1.54) is 4.90 Å². The van der Waals surface area contributed by atoms with Crippen LogP contribution in [0.25, 0.3) is 0 Å². The molecule has 0 aromatic heterocycles. The van der Waals surface area contributed by atoms with Crippen LogP contribution >= 0.6 is 0 Å². The molecule has 1 fully saturated rings. The van der Waals surface area contributed by atoms with Crippen molar-refractivity contribution in [1.82, 2.24) is 4.90 Å². The summed E-state index contributed by atoms with van der Waals surface area (Å²) in [7, 11) is 0. The van der Waals surface area contributed by atoms with Crippen LogP contribution in [0, 0.1) is 0 Å². The minimum absolute atomic E-state index is 0.135. The number of rotatable bonds is 6. The highest BCUT2D eigenvalue weighted by Gasteiger charge is 2.34. The summed E-state index contributed by atoms with van der Waals surface area (Å²) in [5.41, 5.74) is 2.06. The van der Waals surface area contributed by atoms with Crippen LogP contribution in [-0.2, 0) is 16.1 Å². The monoisotopic (exact) mass is 338 g/mol. The second-order valence-electron chi connectivity index (χ2n) is 6.26. The molecule has 0 saturated carbocycles. The van der Waals surface area contributed by atoms with Crippen molar-refractivity contribution in [3.8, 4) is 0 Å². The summed E-state index contributed by atoms with van der Waals surface area (Å²) in [6.07, 6.45) is 1.28. The second kappa shape index (κ2) is 7.83. The molecule has 1 unspecified atom stereocenters. The molecule has 0 spiro atoms. The third-order valence-corrected chi connectivity index (χ3v) is 4.52. The second-order valence-corrected chi connectivity index (χ2v) is 6.26. The number of likely N-dealkylation sites (tertiary alicyclic amines) is 1. The zero-order valence-corrected chi connectivity index (χ0v) is 14.0. The van der Waals surface area contributed by atoms with Crippen molar-refractivity contribution in [2.24, 2.45) is 0 Å². The van der Waals surface area contributed by atoms with Gasteiger partial charge in [-0.1, -0.05) is 48.5 Å². The highest BCUT2D eigenvalue weighted by atomic mass is 16.4. The molecule has 25 heavy (non-hydrogen) atoms. The number of carboxylic acids is 1. The molecule has 2 aromatic carbocycles. The summed E-state index contributed by atoms with van der Waals surface area (Å²) in [5, 5.41) is 9.31. The molecule has 5 nitrogen and oxygen atoms in total. The number of para-hydroxylation sites is 1. The van der Waals surface area contributed by atoms with Crippen LogP contribution in [0.1, 0.15) is 18.4 Å². The normalized spacial score (nSPS) is 16.6. The molecule has 1 atom stereocenters. The Labute approximate surface area is 147 Å². The molecule has 1 saturated heterocycles. The number of carboxylic acid groups (broad SMARTS) is 1. The lowest BCUT2D eigenvalue weighted by Gasteiger charge is -2.28. The third-order valence-electron chi connectivity index (χ3n) is 4.52. The molecule has 5 heteroatoms. The predicted octanol–water partition coefficient (Wildman–Crippen LogP) is 2.77. The van der Waals surface area contributed by atoms with Crippen LogP contribution in [0.15, 0.2) is 60.7 Å². The van der Waals surface area contributed by atoms with E-state index in [4.69, 9.17) is 0 Å². The zero-order chi connectivity index (χ0) is 17.6. The molecule has 0 radical (unpaired) electrons. The average molecular weight is 338 g/mol. The SMILES string of the molecule is O=C(O)C1CCCN1C(=O)CN(Cc1ccccc1)c1ccccc1.